The van der Waals surface area contributed by atoms with E-state index in [0.717, 1.165) is 10.0 Å². The zero-order valence-electron chi connectivity index (χ0n) is 15.1. The van der Waals surface area contributed by atoms with Crippen LogP contribution in [0.2, 0.25) is 0 Å². The highest BCUT2D eigenvalue weighted by Gasteiger charge is 2.25. The number of carbonyl (C=O) groups is 2. The summed E-state index contributed by atoms with van der Waals surface area (Å²) in [7, 11) is -2.64. The van der Waals surface area contributed by atoms with Gasteiger partial charge in [-0.2, -0.15) is 0 Å². The maximum Gasteiger partial charge on any atom is 0.307 e. The molecule has 0 saturated carbocycles. The molecule has 0 fully saturated rings. The normalized spacial score (nSPS) is 14.7. The molecule has 0 aliphatic carbocycles. The number of ether oxygens (including phenoxy) is 1. The molecular weight excluding hydrogens is 448 g/mol. The van der Waals surface area contributed by atoms with Gasteiger partial charge in [0.05, 0.1) is 24.5 Å². The highest BCUT2D eigenvalue weighted by Crippen LogP contribution is 2.27. The van der Waals surface area contributed by atoms with Crippen LogP contribution in [0.5, 0.6) is 0 Å². The van der Waals surface area contributed by atoms with Crippen molar-refractivity contribution in [2.75, 3.05) is 12.4 Å². The number of rotatable bonds is 6. The summed E-state index contributed by atoms with van der Waals surface area (Å²) in [6, 6.07) is 10.8. The summed E-state index contributed by atoms with van der Waals surface area (Å²) in [5.41, 5.74) is 2.02. The lowest BCUT2D eigenvalue weighted by Crippen LogP contribution is -2.31. The van der Waals surface area contributed by atoms with Crippen molar-refractivity contribution >= 4 is 43.5 Å². The Balaban J connectivity index is 1.89. The third kappa shape index (κ3) is 4.78. The van der Waals surface area contributed by atoms with Gasteiger partial charge >= 0.3 is 5.97 Å². The van der Waals surface area contributed by atoms with E-state index in [2.05, 4.69) is 26.0 Å². The van der Waals surface area contributed by atoms with Crippen LogP contribution < -0.4 is 10.0 Å². The predicted octanol–water partition coefficient (Wildman–Crippen LogP) is 2.92. The minimum absolute atomic E-state index is 0.0781. The number of aryl methyl sites for hydroxylation is 1. The molecule has 2 aromatic carbocycles. The predicted molar refractivity (Wildman–Crippen MR) is 107 cm³/mol. The monoisotopic (exact) mass is 466 g/mol. The van der Waals surface area contributed by atoms with Gasteiger partial charge < -0.3 is 10.1 Å². The highest BCUT2D eigenvalue weighted by molar-refractivity contribution is 9.10. The Hall–Kier alpha value is -2.23. The minimum Gasteiger partial charge on any atom is -0.469 e. The van der Waals surface area contributed by atoms with Crippen molar-refractivity contribution in [3.63, 3.8) is 0 Å². The number of amides is 1. The minimum atomic E-state index is -3.90. The van der Waals surface area contributed by atoms with Gasteiger partial charge in [-0.15, -0.1) is 0 Å². The van der Waals surface area contributed by atoms with Crippen LogP contribution in [0.4, 0.5) is 5.69 Å². The Morgan fingerprint density at radius 2 is 1.93 bits per heavy atom. The molecule has 0 bridgehead atoms. The molecule has 2 aromatic rings. The number of esters is 1. The van der Waals surface area contributed by atoms with Crippen LogP contribution in [-0.2, 0) is 30.8 Å². The SMILES string of the molecule is COC(=O)CC(NS(=O)(=O)c1ccc2c(c1)CCC(=O)N2)c1ccc(Br)cc1. The summed E-state index contributed by atoms with van der Waals surface area (Å²) >= 11 is 3.34. The largest absolute Gasteiger partial charge is 0.469 e. The third-order valence-electron chi connectivity index (χ3n) is 4.45. The van der Waals surface area contributed by atoms with E-state index >= 15 is 0 Å². The molecular formula is C19H19BrN2O5S. The lowest BCUT2D eigenvalue weighted by Gasteiger charge is -2.20. The van der Waals surface area contributed by atoms with Gasteiger partial charge in [0.25, 0.3) is 0 Å². The summed E-state index contributed by atoms with van der Waals surface area (Å²) in [5, 5.41) is 2.72. The van der Waals surface area contributed by atoms with Crippen LogP contribution in [0.25, 0.3) is 0 Å². The second kappa shape index (κ2) is 8.42. The Morgan fingerprint density at radius 1 is 1.21 bits per heavy atom. The van der Waals surface area contributed by atoms with Crippen LogP contribution >= 0.6 is 15.9 Å². The van der Waals surface area contributed by atoms with Crippen molar-refractivity contribution in [2.24, 2.45) is 0 Å². The zero-order valence-corrected chi connectivity index (χ0v) is 17.5. The van der Waals surface area contributed by atoms with Crippen molar-refractivity contribution in [1.82, 2.24) is 4.72 Å². The van der Waals surface area contributed by atoms with Crippen molar-refractivity contribution in [3.8, 4) is 0 Å². The Morgan fingerprint density at radius 3 is 2.61 bits per heavy atom. The Labute approximate surface area is 171 Å². The van der Waals surface area contributed by atoms with Crippen LogP contribution in [0.3, 0.4) is 0 Å². The van der Waals surface area contributed by atoms with Crippen LogP contribution in [-0.4, -0.2) is 27.4 Å². The fraction of sp³-hybridized carbons (Fsp3) is 0.263. The van der Waals surface area contributed by atoms with Gasteiger partial charge in [0, 0.05) is 16.6 Å². The second-order valence-corrected chi connectivity index (χ2v) is 9.00. The standard InChI is InChI=1S/C19H19BrN2O5S/c1-27-19(24)11-17(12-2-5-14(20)6-3-12)22-28(25,26)15-7-8-16-13(10-15)4-9-18(23)21-16/h2-3,5-8,10,17,22H,4,9,11H2,1H3,(H,21,23). The van der Waals surface area contributed by atoms with Crippen molar-refractivity contribution in [1.29, 1.82) is 0 Å². The number of nitrogens with one attached hydrogen (secondary N) is 2. The van der Waals surface area contributed by atoms with Crippen LogP contribution in [0.1, 0.15) is 30.0 Å². The molecule has 9 heteroatoms. The summed E-state index contributed by atoms with van der Waals surface area (Å²) in [6.07, 6.45) is 0.648. The Bertz CT molecular complexity index is 1010. The first kappa shape index (κ1) is 20.5. The fourth-order valence-electron chi connectivity index (χ4n) is 2.95. The molecule has 7 nitrogen and oxygen atoms in total. The van der Waals surface area contributed by atoms with Gasteiger partial charge in [0.15, 0.2) is 0 Å². The van der Waals surface area contributed by atoms with E-state index in [9.17, 15) is 18.0 Å². The molecule has 0 aromatic heterocycles. The highest BCUT2D eigenvalue weighted by atomic mass is 79.9. The average molecular weight is 467 g/mol. The van der Waals surface area contributed by atoms with Crippen LogP contribution in [0.15, 0.2) is 51.8 Å². The second-order valence-electron chi connectivity index (χ2n) is 6.37. The summed E-state index contributed by atoms with van der Waals surface area (Å²) in [6.45, 7) is 0. The van der Waals surface area contributed by atoms with E-state index in [0.29, 0.717) is 24.1 Å². The number of benzene rings is 2. The van der Waals surface area contributed by atoms with E-state index in [1.54, 1.807) is 36.4 Å². The quantitative estimate of drug-likeness (QED) is 0.637. The van der Waals surface area contributed by atoms with E-state index in [-0.39, 0.29) is 17.2 Å². The first-order valence-corrected chi connectivity index (χ1v) is 10.8. The molecule has 1 unspecified atom stereocenters. The van der Waals surface area contributed by atoms with Crippen molar-refractivity contribution in [3.05, 3.63) is 58.1 Å². The van der Waals surface area contributed by atoms with Gasteiger partial charge in [0.2, 0.25) is 15.9 Å². The molecule has 28 heavy (non-hydrogen) atoms. The number of sulfonamides is 1. The maximum absolute atomic E-state index is 12.9. The first-order chi connectivity index (χ1) is 13.3. The number of hydrogen-bond acceptors (Lipinski definition) is 5. The molecule has 148 valence electrons. The number of hydrogen-bond donors (Lipinski definition) is 2. The lowest BCUT2D eigenvalue weighted by atomic mass is 10.0. The summed E-state index contributed by atoms with van der Waals surface area (Å²) in [4.78, 5) is 23.4. The van der Waals surface area contributed by atoms with Gasteiger partial charge in [-0.3, -0.25) is 9.59 Å². The molecule has 0 spiro atoms. The molecule has 1 aliphatic heterocycles. The topological polar surface area (TPSA) is 102 Å². The average Bonchev–Trinajstić information content (AvgIpc) is 2.67. The van der Waals surface area contributed by atoms with Crippen molar-refractivity contribution in [2.45, 2.75) is 30.2 Å². The molecule has 1 amide bonds. The summed E-state index contributed by atoms with van der Waals surface area (Å²) in [5.74, 6) is -0.613. The summed E-state index contributed by atoms with van der Waals surface area (Å²) < 4.78 is 34.0. The Kier molecular flexibility index (Phi) is 6.17. The van der Waals surface area contributed by atoms with Gasteiger partial charge in [-0.1, -0.05) is 28.1 Å². The van der Waals surface area contributed by atoms with Gasteiger partial charge in [0.1, 0.15) is 0 Å². The fourth-order valence-corrected chi connectivity index (χ4v) is 4.49. The maximum atomic E-state index is 12.9. The number of fused-ring (bicyclic) bond motifs is 1. The van der Waals surface area contributed by atoms with Crippen molar-refractivity contribution < 1.29 is 22.7 Å². The van der Waals surface area contributed by atoms with E-state index in [1.807, 2.05) is 0 Å². The molecule has 0 saturated heterocycles. The zero-order chi connectivity index (χ0) is 20.3. The number of anilines is 1. The number of halogens is 1. The third-order valence-corrected chi connectivity index (χ3v) is 6.45. The van der Waals surface area contributed by atoms with Gasteiger partial charge in [-0.05, 0) is 47.9 Å². The molecule has 1 heterocycles. The molecule has 1 aliphatic rings. The van der Waals surface area contributed by atoms with E-state index in [4.69, 9.17) is 4.74 Å². The van der Waals surface area contributed by atoms with E-state index in [1.165, 1.54) is 13.2 Å². The molecule has 0 radical (unpaired) electrons. The molecule has 3 rings (SSSR count). The van der Waals surface area contributed by atoms with E-state index < -0.39 is 22.0 Å². The lowest BCUT2D eigenvalue weighted by molar-refractivity contribution is -0.141. The van der Waals surface area contributed by atoms with Gasteiger partial charge in [-0.25, -0.2) is 13.1 Å². The van der Waals surface area contributed by atoms with Crippen LogP contribution in [0, 0.1) is 0 Å². The molecule has 1 atom stereocenters. The molecule has 2 N–H and O–H groups in total. The number of methoxy groups -OCH3 is 1. The first-order valence-electron chi connectivity index (χ1n) is 8.56. The number of carbonyl (C=O) groups excluding carboxylic acids is 2. The smallest absolute Gasteiger partial charge is 0.307 e.